The van der Waals surface area contributed by atoms with Crippen molar-refractivity contribution in [2.75, 3.05) is 19.8 Å². The van der Waals surface area contributed by atoms with Gasteiger partial charge in [0.05, 0.1) is 18.0 Å². The minimum atomic E-state index is -0.721. The van der Waals surface area contributed by atoms with E-state index in [-0.39, 0.29) is 18.7 Å². The molecule has 2 aromatic heterocycles. The average Bonchev–Trinajstić information content (AvgIpc) is 3.47. The van der Waals surface area contributed by atoms with E-state index >= 15 is 0 Å². The van der Waals surface area contributed by atoms with Gasteiger partial charge in [-0.25, -0.2) is 14.5 Å². The van der Waals surface area contributed by atoms with Crippen molar-refractivity contribution in [2.24, 2.45) is 0 Å². The van der Waals surface area contributed by atoms with Gasteiger partial charge < -0.3 is 9.47 Å². The van der Waals surface area contributed by atoms with Crippen LogP contribution in [0.2, 0.25) is 0 Å². The molecule has 3 aromatic rings. The Hall–Kier alpha value is -3.46. The monoisotopic (exact) mass is 411 g/mol. The van der Waals surface area contributed by atoms with Gasteiger partial charge in [0.1, 0.15) is 17.9 Å². The number of rotatable bonds is 6. The summed E-state index contributed by atoms with van der Waals surface area (Å²) in [7, 11) is 0. The topological polar surface area (TPSA) is 90.7 Å². The van der Waals surface area contributed by atoms with Crippen LogP contribution in [0.5, 0.6) is 0 Å². The number of esters is 1. The molecular weight excluding hydrogens is 394 g/mol. The van der Waals surface area contributed by atoms with Crippen LogP contribution in [-0.4, -0.2) is 52.4 Å². The lowest BCUT2D eigenvalue weighted by Crippen LogP contribution is -2.35. The van der Waals surface area contributed by atoms with E-state index in [9.17, 15) is 14.4 Å². The zero-order valence-corrected chi connectivity index (χ0v) is 16.1. The van der Waals surface area contributed by atoms with E-state index in [1.165, 1.54) is 11.3 Å². The second-order valence-electron chi connectivity index (χ2n) is 6.29. The molecule has 0 radical (unpaired) electrons. The van der Waals surface area contributed by atoms with Crippen molar-refractivity contribution >= 4 is 29.3 Å². The summed E-state index contributed by atoms with van der Waals surface area (Å²) in [6, 6.07) is 13.5. The fraction of sp³-hybridized carbons (Fsp3) is 0.200. The van der Waals surface area contributed by atoms with Gasteiger partial charge in [0.25, 0.3) is 5.91 Å². The minimum Gasteiger partial charge on any atom is -0.452 e. The van der Waals surface area contributed by atoms with Crippen LogP contribution in [0.4, 0.5) is 4.79 Å². The fourth-order valence-corrected chi connectivity index (χ4v) is 3.64. The summed E-state index contributed by atoms with van der Waals surface area (Å²) in [6.07, 6.45) is 0.889. The number of imide groups is 1. The lowest BCUT2D eigenvalue weighted by molar-refractivity contribution is -0.131. The quantitative estimate of drug-likeness (QED) is 0.580. The molecule has 1 aliphatic rings. The number of amides is 2. The number of benzene rings is 1. The maximum Gasteiger partial charge on any atom is 0.416 e. The molecule has 0 unspecified atom stereocenters. The highest BCUT2D eigenvalue weighted by Gasteiger charge is 2.29. The SMILES string of the molecule is O=C(OCC(=O)N1CCOC1=O)c1cn(Cc2ccccc2)nc1-c1cccs1. The average molecular weight is 411 g/mol. The molecule has 1 aromatic carbocycles. The number of hydrogen-bond acceptors (Lipinski definition) is 7. The van der Waals surface area contributed by atoms with Crippen LogP contribution >= 0.6 is 11.3 Å². The molecule has 148 valence electrons. The van der Waals surface area contributed by atoms with Crippen molar-refractivity contribution in [1.82, 2.24) is 14.7 Å². The Kier molecular flexibility index (Phi) is 5.39. The zero-order chi connectivity index (χ0) is 20.2. The van der Waals surface area contributed by atoms with Gasteiger partial charge in [0, 0.05) is 6.20 Å². The number of hydrogen-bond donors (Lipinski definition) is 0. The molecule has 1 saturated heterocycles. The van der Waals surface area contributed by atoms with Gasteiger partial charge in [-0.2, -0.15) is 5.10 Å². The van der Waals surface area contributed by atoms with Crippen LogP contribution in [0.3, 0.4) is 0 Å². The molecule has 0 saturated carbocycles. The van der Waals surface area contributed by atoms with Crippen LogP contribution < -0.4 is 0 Å². The molecule has 0 bridgehead atoms. The highest BCUT2D eigenvalue weighted by atomic mass is 32.1. The van der Waals surface area contributed by atoms with E-state index in [1.54, 1.807) is 10.9 Å². The molecule has 0 N–H and O–H groups in total. The molecule has 1 aliphatic heterocycles. The standard InChI is InChI=1S/C20H17N3O5S/c24-17(23-8-9-27-20(23)26)13-28-19(25)15-12-22(11-14-5-2-1-3-6-14)21-18(15)16-7-4-10-29-16/h1-7,10,12H,8-9,11,13H2. The predicted octanol–water partition coefficient (Wildman–Crippen LogP) is 2.80. The van der Waals surface area contributed by atoms with E-state index in [2.05, 4.69) is 5.10 Å². The predicted molar refractivity (Wildman–Crippen MR) is 104 cm³/mol. The Morgan fingerprint density at radius 2 is 2.00 bits per heavy atom. The summed E-state index contributed by atoms with van der Waals surface area (Å²) in [6.45, 7) is 0.255. The largest absolute Gasteiger partial charge is 0.452 e. The van der Waals surface area contributed by atoms with Gasteiger partial charge in [0.15, 0.2) is 6.61 Å². The van der Waals surface area contributed by atoms with E-state index in [0.717, 1.165) is 15.3 Å². The van der Waals surface area contributed by atoms with Crippen LogP contribution in [-0.2, 0) is 20.8 Å². The molecule has 4 rings (SSSR count). The van der Waals surface area contributed by atoms with Crippen molar-refractivity contribution in [3.05, 3.63) is 65.2 Å². The molecule has 29 heavy (non-hydrogen) atoms. The lowest BCUT2D eigenvalue weighted by Gasteiger charge is -2.10. The highest BCUT2D eigenvalue weighted by Crippen LogP contribution is 2.27. The zero-order valence-electron chi connectivity index (χ0n) is 15.3. The van der Waals surface area contributed by atoms with Gasteiger partial charge in [0.2, 0.25) is 0 Å². The summed E-state index contributed by atoms with van der Waals surface area (Å²) in [4.78, 5) is 37.9. The number of nitrogens with zero attached hydrogens (tertiary/aromatic N) is 3. The second kappa shape index (κ2) is 8.27. The van der Waals surface area contributed by atoms with Crippen molar-refractivity contribution in [3.8, 4) is 10.6 Å². The highest BCUT2D eigenvalue weighted by molar-refractivity contribution is 7.13. The first-order chi connectivity index (χ1) is 14.1. The third kappa shape index (κ3) is 4.19. The van der Waals surface area contributed by atoms with Gasteiger partial charge in [-0.15, -0.1) is 11.3 Å². The van der Waals surface area contributed by atoms with E-state index in [1.807, 2.05) is 47.8 Å². The number of carbonyl (C=O) groups excluding carboxylic acids is 3. The Morgan fingerprint density at radius 3 is 2.69 bits per heavy atom. The number of aromatic nitrogens is 2. The molecule has 0 atom stereocenters. The summed E-state index contributed by atoms with van der Waals surface area (Å²) >= 11 is 1.45. The summed E-state index contributed by atoms with van der Waals surface area (Å²) < 4.78 is 11.6. The normalized spacial score (nSPS) is 13.4. The fourth-order valence-electron chi connectivity index (χ4n) is 2.92. The van der Waals surface area contributed by atoms with Gasteiger partial charge >= 0.3 is 12.1 Å². The first-order valence-corrected chi connectivity index (χ1v) is 9.79. The van der Waals surface area contributed by atoms with Gasteiger partial charge in [-0.05, 0) is 17.0 Å². The first-order valence-electron chi connectivity index (χ1n) is 8.91. The molecule has 2 amide bonds. The summed E-state index contributed by atoms with van der Waals surface area (Å²) in [5.41, 5.74) is 1.80. The molecule has 3 heterocycles. The number of thiophene rings is 1. The van der Waals surface area contributed by atoms with Crippen molar-refractivity contribution in [2.45, 2.75) is 6.54 Å². The maximum atomic E-state index is 12.7. The Labute approximate surface area is 170 Å². The Balaban J connectivity index is 1.52. The Morgan fingerprint density at radius 1 is 1.17 bits per heavy atom. The molecular formula is C20H17N3O5S. The first kappa shape index (κ1) is 18.9. The summed E-state index contributed by atoms with van der Waals surface area (Å²) in [5, 5.41) is 6.43. The van der Waals surface area contributed by atoms with Gasteiger partial charge in [-0.1, -0.05) is 36.4 Å². The van der Waals surface area contributed by atoms with Crippen LogP contribution in [0, 0.1) is 0 Å². The lowest BCUT2D eigenvalue weighted by atomic mass is 10.2. The van der Waals surface area contributed by atoms with Crippen LogP contribution in [0.15, 0.2) is 54.0 Å². The van der Waals surface area contributed by atoms with E-state index in [4.69, 9.17) is 9.47 Å². The van der Waals surface area contributed by atoms with Crippen molar-refractivity contribution < 1.29 is 23.9 Å². The maximum absolute atomic E-state index is 12.7. The minimum absolute atomic E-state index is 0.146. The second-order valence-corrected chi connectivity index (χ2v) is 7.24. The number of ether oxygens (including phenoxy) is 2. The Bertz CT molecular complexity index is 1030. The smallest absolute Gasteiger partial charge is 0.416 e. The van der Waals surface area contributed by atoms with Gasteiger partial charge in [-0.3, -0.25) is 9.48 Å². The van der Waals surface area contributed by atoms with E-state index < -0.39 is 24.6 Å². The molecule has 1 fully saturated rings. The molecule has 9 heteroatoms. The molecule has 0 spiro atoms. The molecule has 0 aliphatic carbocycles. The summed E-state index contributed by atoms with van der Waals surface area (Å²) in [5.74, 6) is -1.29. The van der Waals surface area contributed by atoms with Crippen LogP contribution in [0.25, 0.3) is 10.6 Å². The van der Waals surface area contributed by atoms with E-state index in [0.29, 0.717) is 12.2 Å². The van der Waals surface area contributed by atoms with Crippen molar-refractivity contribution in [1.29, 1.82) is 0 Å². The van der Waals surface area contributed by atoms with Crippen LogP contribution in [0.1, 0.15) is 15.9 Å². The van der Waals surface area contributed by atoms with Crippen molar-refractivity contribution in [3.63, 3.8) is 0 Å². The number of cyclic esters (lactones) is 1. The molecule has 8 nitrogen and oxygen atoms in total. The third-order valence-corrected chi connectivity index (χ3v) is 5.19. The number of carbonyl (C=O) groups is 3. The third-order valence-electron chi connectivity index (χ3n) is 4.31.